The molecule has 0 bridgehead atoms. The Bertz CT molecular complexity index is 1650. The highest BCUT2D eigenvalue weighted by Crippen LogP contribution is 2.39. The first-order chi connectivity index (χ1) is 17.6. The number of hydrogen-bond acceptors (Lipinski definition) is 5. The topological polar surface area (TPSA) is 68.5 Å². The van der Waals surface area contributed by atoms with Crippen molar-refractivity contribution < 1.29 is 9.53 Å². The van der Waals surface area contributed by atoms with Crippen LogP contribution in [0.15, 0.2) is 96.0 Å². The minimum Gasteiger partial charge on any atom is -0.461 e. The van der Waals surface area contributed by atoms with Gasteiger partial charge in [0.05, 0.1) is 29.2 Å². The maximum absolute atomic E-state index is 13.2. The average Bonchev–Trinajstić information content (AvgIpc) is 3.31. The van der Waals surface area contributed by atoms with Gasteiger partial charge in [-0.1, -0.05) is 72.3 Å². The Labute approximate surface area is 212 Å². The number of aromatic nitrogens is 2. The van der Waals surface area contributed by atoms with Crippen LogP contribution in [0, 0.1) is 0 Å². The molecule has 0 amide bonds. The third kappa shape index (κ3) is 3.72. The molecular weight excluding hydrogens is 472 g/mol. The van der Waals surface area contributed by atoms with E-state index >= 15 is 0 Å². The molecule has 5 aromatic rings. The molecule has 0 fully saturated rings. The summed E-state index contributed by atoms with van der Waals surface area (Å²) in [6, 6.07) is 29.2. The molecule has 176 valence electrons. The number of halogens is 1. The van der Waals surface area contributed by atoms with Gasteiger partial charge in [0, 0.05) is 21.7 Å². The van der Waals surface area contributed by atoms with E-state index in [2.05, 4.69) is 17.4 Å². The summed E-state index contributed by atoms with van der Waals surface area (Å²) in [5, 5.41) is 10.9. The van der Waals surface area contributed by atoms with Crippen molar-refractivity contribution in [1.29, 1.82) is 0 Å². The lowest BCUT2D eigenvalue weighted by Gasteiger charge is -2.20. The van der Waals surface area contributed by atoms with Crippen molar-refractivity contribution in [1.82, 2.24) is 9.78 Å². The Morgan fingerprint density at radius 1 is 0.972 bits per heavy atom. The number of carbonyl (C=O) groups is 1. The molecule has 1 aliphatic rings. The number of ether oxygens (including phenoxy) is 1. The van der Waals surface area contributed by atoms with Crippen LogP contribution >= 0.6 is 11.6 Å². The number of nitrogens with one attached hydrogen (secondary N) is 1. The SMILES string of the molecule is CCOC(=O)c1nn(-c2cccc(Cl)c2)c(-c2ccccc2)c1C1=Nc2cccc3cccc(c23)N1. The second-order valence-electron chi connectivity index (χ2n) is 8.32. The lowest BCUT2D eigenvalue weighted by Crippen LogP contribution is -2.20. The van der Waals surface area contributed by atoms with Gasteiger partial charge in [-0.05, 0) is 42.6 Å². The second kappa shape index (κ2) is 8.98. The maximum Gasteiger partial charge on any atom is 0.359 e. The third-order valence-electron chi connectivity index (χ3n) is 6.06. The molecule has 7 heteroatoms. The predicted octanol–water partition coefficient (Wildman–Crippen LogP) is 7.03. The van der Waals surface area contributed by atoms with Crippen LogP contribution in [0.2, 0.25) is 5.02 Å². The Morgan fingerprint density at radius 3 is 2.53 bits per heavy atom. The molecule has 6 nitrogen and oxygen atoms in total. The summed E-state index contributed by atoms with van der Waals surface area (Å²) in [5.41, 5.74) is 4.77. The molecular formula is C29H21ClN4O2. The van der Waals surface area contributed by atoms with Gasteiger partial charge in [-0.2, -0.15) is 5.10 Å². The van der Waals surface area contributed by atoms with Gasteiger partial charge in [0.1, 0.15) is 5.84 Å². The minimum atomic E-state index is -0.521. The standard InChI is InChI=1S/C29H21ClN4O2/c1-2-36-29(35)26-25(28-31-22-15-6-11-18-12-7-16-23(32-28)24(18)22)27(19-9-4-3-5-10-19)34(33-26)21-14-8-13-20(30)17-21/h3-17H,2H2,1H3,(H,31,32). The summed E-state index contributed by atoms with van der Waals surface area (Å²) in [4.78, 5) is 18.2. The first-order valence-corrected chi connectivity index (χ1v) is 12.0. The fourth-order valence-corrected chi connectivity index (χ4v) is 4.74. The largest absolute Gasteiger partial charge is 0.461 e. The highest BCUT2D eigenvalue weighted by atomic mass is 35.5. The first kappa shape index (κ1) is 22.1. The van der Waals surface area contributed by atoms with E-state index in [0.717, 1.165) is 33.4 Å². The van der Waals surface area contributed by atoms with Crippen molar-refractivity contribution in [2.45, 2.75) is 6.92 Å². The van der Waals surface area contributed by atoms with Gasteiger partial charge in [-0.25, -0.2) is 14.5 Å². The number of rotatable bonds is 5. The fraction of sp³-hybridized carbons (Fsp3) is 0.0690. The van der Waals surface area contributed by atoms with Crippen molar-refractivity contribution in [2.24, 2.45) is 4.99 Å². The highest BCUT2D eigenvalue weighted by molar-refractivity contribution is 6.30. The van der Waals surface area contributed by atoms with Gasteiger partial charge in [0.15, 0.2) is 5.69 Å². The van der Waals surface area contributed by atoms with Crippen LogP contribution in [0.4, 0.5) is 11.4 Å². The molecule has 6 rings (SSSR count). The van der Waals surface area contributed by atoms with E-state index in [1.165, 1.54) is 0 Å². The molecule has 36 heavy (non-hydrogen) atoms. The third-order valence-corrected chi connectivity index (χ3v) is 6.29. The van der Waals surface area contributed by atoms with Gasteiger partial charge in [0.2, 0.25) is 0 Å². The van der Waals surface area contributed by atoms with Gasteiger partial charge in [-0.15, -0.1) is 0 Å². The molecule has 1 aromatic heterocycles. The molecule has 0 saturated carbocycles. The Morgan fingerprint density at radius 2 is 1.75 bits per heavy atom. The zero-order chi connectivity index (χ0) is 24.6. The van der Waals surface area contributed by atoms with Crippen LogP contribution in [0.5, 0.6) is 0 Å². The molecule has 1 aliphatic heterocycles. The molecule has 0 radical (unpaired) electrons. The molecule has 0 saturated heterocycles. The van der Waals surface area contributed by atoms with Crippen molar-refractivity contribution >= 4 is 45.6 Å². The van der Waals surface area contributed by atoms with E-state index in [1.54, 1.807) is 17.7 Å². The molecule has 0 aliphatic carbocycles. The molecule has 4 aromatic carbocycles. The van der Waals surface area contributed by atoms with E-state index in [9.17, 15) is 4.79 Å². The van der Waals surface area contributed by atoms with Gasteiger partial charge in [0.25, 0.3) is 0 Å². The van der Waals surface area contributed by atoms with Crippen LogP contribution in [0.3, 0.4) is 0 Å². The molecule has 2 heterocycles. The molecule has 0 spiro atoms. The van der Waals surface area contributed by atoms with Crippen molar-refractivity contribution in [3.8, 4) is 16.9 Å². The van der Waals surface area contributed by atoms with E-state index in [-0.39, 0.29) is 12.3 Å². The summed E-state index contributed by atoms with van der Waals surface area (Å²) in [6.07, 6.45) is 0. The van der Waals surface area contributed by atoms with Crippen LogP contribution in [0.25, 0.3) is 27.7 Å². The number of esters is 1. The van der Waals surface area contributed by atoms with E-state index in [0.29, 0.717) is 22.1 Å². The van der Waals surface area contributed by atoms with Crippen LogP contribution in [-0.4, -0.2) is 28.2 Å². The van der Waals surface area contributed by atoms with E-state index in [1.807, 2.05) is 72.8 Å². The summed E-state index contributed by atoms with van der Waals surface area (Å²) in [7, 11) is 0. The number of nitrogens with zero attached hydrogens (tertiary/aromatic N) is 3. The number of hydrogen-bond donors (Lipinski definition) is 1. The number of anilines is 1. The van der Waals surface area contributed by atoms with Crippen molar-refractivity contribution in [3.63, 3.8) is 0 Å². The average molecular weight is 493 g/mol. The number of amidine groups is 1. The Balaban J connectivity index is 1.67. The zero-order valence-corrected chi connectivity index (χ0v) is 20.2. The lowest BCUT2D eigenvalue weighted by atomic mass is 10.0. The fourth-order valence-electron chi connectivity index (χ4n) is 4.55. The van der Waals surface area contributed by atoms with Gasteiger partial charge < -0.3 is 10.1 Å². The zero-order valence-electron chi connectivity index (χ0n) is 19.4. The Hall–Kier alpha value is -4.42. The van der Waals surface area contributed by atoms with Crippen LogP contribution in [0.1, 0.15) is 23.0 Å². The van der Waals surface area contributed by atoms with Crippen LogP contribution in [-0.2, 0) is 4.74 Å². The molecule has 0 unspecified atom stereocenters. The van der Waals surface area contributed by atoms with E-state index < -0.39 is 5.97 Å². The summed E-state index contributed by atoms with van der Waals surface area (Å²) >= 11 is 6.33. The maximum atomic E-state index is 13.2. The van der Waals surface area contributed by atoms with Crippen molar-refractivity contribution in [3.05, 3.63) is 107 Å². The van der Waals surface area contributed by atoms with Crippen LogP contribution < -0.4 is 5.32 Å². The highest BCUT2D eigenvalue weighted by Gasteiger charge is 2.31. The quantitative estimate of drug-likeness (QED) is 0.267. The molecule has 1 N–H and O–H groups in total. The van der Waals surface area contributed by atoms with Crippen molar-refractivity contribution in [2.75, 3.05) is 11.9 Å². The van der Waals surface area contributed by atoms with Gasteiger partial charge in [-0.3, -0.25) is 0 Å². The summed E-state index contributed by atoms with van der Waals surface area (Å²) < 4.78 is 7.16. The monoisotopic (exact) mass is 492 g/mol. The number of aliphatic imine (C=N–C) groups is 1. The second-order valence-corrected chi connectivity index (χ2v) is 8.75. The predicted molar refractivity (Wildman–Crippen MR) is 144 cm³/mol. The first-order valence-electron chi connectivity index (χ1n) is 11.6. The summed E-state index contributed by atoms with van der Waals surface area (Å²) in [5.74, 6) is 0.00316. The number of benzene rings is 4. The lowest BCUT2D eigenvalue weighted by molar-refractivity contribution is 0.0518. The minimum absolute atomic E-state index is 0.175. The summed E-state index contributed by atoms with van der Waals surface area (Å²) in [6.45, 7) is 2.00. The Kier molecular flexibility index (Phi) is 5.51. The smallest absolute Gasteiger partial charge is 0.359 e. The van der Waals surface area contributed by atoms with E-state index in [4.69, 9.17) is 26.4 Å². The number of carbonyl (C=O) groups excluding carboxylic acids is 1. The van der Waals surface area contributed by atoms with Gasteiger partial charge >= 0.3 is 5.97 Å². The normalized spacial score (nSPS) is 12.2. The molecule has 0 atom stereocenters.